The number of nitrogens with one attached hydrogen (secondary N) is 1. The Bertz CT molecular complexity index is 435. The molecule has 0 spiro atoms. The van der Waals surface area contributed by atoms with E-state index in [1.807, 2.05) is 0 Å². The number of rotatable bonds is 6. The molecular formula is C19H45Li2NSi3. The van der Waals surface area contributed by atoms with Gasteiger partial charge in [0, 0.05) is 11.1 Å². The first-order valence-electron chi connectivity index (χ1n) is 9.02. The van der Waals surface area contributed by atoms with E-state index in [1.54, 1.807) is 11.1 Å². The maximum absolute atomic E-state index is 4.02. The standard InChI is InChI=1S/C19H43NSi3.2Li.2H/c1-16(14-21(6,7)8)18(17(2)15-22(9,10)11)23(12,13)20-19(3,4)5;;;;/h14-15,18,20H,1-13H3;;;;. The van der Waals surface area contributed by atoms with Crippen molar-refractivity contribution in [2.75, 3.05) is 0 Å². The van der Waals surface area contributed by atoms with Crippen molar-refractivity contribution in [2.45, 2.75) is 98.1 Å². The van der Waals surface area contributed by atoms with E-state index in [4.69, 9.17) is 0 Å². The predicted molar refractivity (Wildman–Crippen MR) is 133 cm³/mol. The molecule has 0 aliphatic rings. The molecule has 1 nitrogen and oxygen atoms in total. The first-order chi connectivity index (χ1) is 9.84. The average molecular weight is 386 g/mol. The van der Waals surface area contributed by atoms with E-state index >= 15 is 0 Å². The van der Waals surface area contributed by atoms with Gasteiger partial charge in [0.25, 0.3) is 0 Å². The second kappa shape index (κ2) is 10.7. The second-order valence-corrected chi connectivity index (χ2v) is 25.4. The van der Waals surface area contributed by atoms with Gasteiger partial charge >= 0.3 is 37.7 Å². The van der Waals surface area contributed by atoms with Crippen LogP contribution >= 0.6 is 0 Å². The minimum absolute atomic E-state index is 0. The Morgan fingerprint density at radius 1 is 0.720 bits per heavy atom. The summed E-state index contributed by atoms with van der Waals surface area (Å²) in [6.07, 6.45) is 0. The van der Waals surface area contributed by atoms with Crippen LogP contribution in [0.3, 0.4) is 0 Å². The molecule has 0 rings (SSSR count). The quantitative estimate of drug-likeness (QED) is 0.612. The molecular weight excluding hydrogens is 340 g/mol. The van der Waals surface area contributed by atoms with Gasteiger partial charge < -0.3 is 4.98 Å². The van der Waals surface area contributed by atoms with Crippen LogP contribution in [0.15, 0.2) is 22.5 Å². The third-order valence-electron chi connectivity index (χ3n) is 3.65. The van der Waals surface area contributed by atoms with Gasteiger partial charge in [-0.1, -0.05) is 74.9 Å². The molecule has 0 heterocycles. The second-order valence-electron chi connectivity index (χ2n) is 11.0. The van der Waals surface area contributed by atoms with Crippen LogP contribution in [0.2, 0.25) is 57.9 Å². The van der Waals surface area contributed by atoms with Gasteiger partial charge in [-0.3, -0.25) is 0 Å². The van der Waals surface area contributed by atoms with Crippen LogP contribution in [0.1, 0.15) is 34.6 Å². The van der Waals surface area contributed by atoms with Crippen molar-refractivity contribution in [3.05, 3.63) is 22.5 Å². The Labute approximate surface area is 186 Å². The SMILES string of the molecule is CC(=C[Si](C)(C)C)C(C(C)=C[Si](C)(C)C)[Si](C)(C)NC(C)(C)C.[LiH].[LiH]. The van der Waals surface area contributed by atoms with E-state index in [0.717, 1.165) is 0 Å². The van der Waals surface area contributed by atoms with Gasteiger partial charge in [-0.2, -0.15) is 0 Å². The van der Waals surface area contributed by atoms with Crippen LogP contribution in [0.25, 0.3) is 0 Å². The van der Waals surface area contributed by atoms with Crippen molar-refractivity contribution in [2.24, 2.45) is 0 Å². The van der Waals surface area contributed by atoms with E-state index in [0.29, 0.717) is 5.54 Å². The number of hydrogen-bond donors (Lipinski definition) is 1. The molecule has 6 heteroatoms. The van der Waals surface area contributed by atoms with E-state index in [2.05, 4.69) is 103 Å². The Balaban J connectivity index is -0.00000242. The van der Waals surface area contributed by atoms with Crippen LogP contribution in [0.4, 0.5) is 0 Å². The minimum atomic E-state index is -1.64. The zero-order chi connectivity index (χ0) is 18.9. The van der Waals surface area contributed by atoms with Crippen molar-refractivity contribution in [1.82, 2.24) is 4.98 Å². The van der Waals surface area contributed by atoms with Crippen LogP contribution < -0.4 is 4.98 Å². The summed E-state index contributed by atoms with van der Waals surface area (Å²) in [5.41, 5.74) is 9.22. The molecule has 0 unspecified atom stereocenters. The molecule has 0 aliphatic carbocycles. The van der Waals surface area contributed by atoms with Gasteiger partial charge in [0.15, 0.2) is 0 Å². The van der Waals surface area contributed by atoms with Crippen molar-refractivity contribution >= 4 is 62.1 Å². The fourth-order valence-electron chi connectivity index (χ4n) is 4.07. The molecule has 0 radical (unpaired) electrons. The zero-order valence-corrected chi connectivity index (χ0v) is 21.2. The molecule has 0 amide bonds. The third kappa shape index (κ3) is 14.0. The Kier molecular flexibility index (Phi) is 13.3. The van der Waals surface area contributed by atoms with Gasteiger partial charge in [0.1, 0.15) is 8.24 Å². The molecule has 0 aromatic heterocycles. The average Bonchev–Trinajstić information content (AvgIpc) is 2.03. The molecule has 0 saturated carbocycles. The first kappa shape index (κ1) is 31.0. The Morgan fingerprint density at radius 2 is 1.00 bits per heavy atom. The Hall–Kier alpha value is 1.29. The molecule has 0 fully saturated rings. The molecule has 0 aliphatic heterocycles. The van der Waals surface area contributed by atoms with Crippen LogP contribution in [0.5, 0.6) is 0 Å². The summed E-state index contributed by atoms with van der Waals surface area (Å²) < 4.78 is 0. The molecule has 0 atom stereocenters. The Morgan fingerprint density at radius 3 is 1.20 bits per heavy atom. The molecule has 0 bridgehead atoms. The summed E-state index contributed by atoms with van der Waals surface area (Å²) in [7, 11) is -4.05. The number of allylic oxidation sites excluding steroid dienone is 2. The van der Waals surface area contributed by atoms with Crippen LogP contribution in [0, 0.1) is 0 Å². The molecule has 140 valence electrons. The van der Waals surface area contributed by atoms with Crippen LogP contribution in [-0.4, -0.2) is 67.6 Å². The monoisotopic (exact) mass is 385 g/mol. The van der Waals surface area contributed by atoms with Crippen molar-refractivity contribution in [3.8, 4) is 0 Å². The summed E-state index contributed by atoms with van der Waals surface area (Å²) in [6, 6.07) is 0. The predicted octanol–water partition coefficient (Wildman–Crippen LogP) is 5.30. The van der Waals surface area contributed by atoms with Gasteiger partial charge in [-0.25, -0.2) is 0 Å². The maximum atomic E-state index is 4.02. The summed E-state index contributed by atoms with van der Waals surface area (Å²) in [6.45, 7) is 31.3. The summed E-state index contributed by atoms with van der Waals surface area (Å²) in [5.74, 6) is 0. The molecule has 1 N–H and O–H groups in total. The molecule has 0 saturated heterocycles. The van der Waals surface area contributed by atoms with E-state index in [-0.39, 0.29) is 43.3 Å². The van der Waals surface area contributed by atoms with Gasteiger partial charge in [0.05, 0.1) is 16.1 Å². The van der Waals surface area contributed by atoms with Gasteiger partial charge in [0.2, 0.25) is 0 Å². The van der Waals surface area contributed by atoms with Gasteiger partial charge in [-0.05, 0) is 34.6 Å². The van der Waals surface area contributed by atoms with E-state index in [9.17, 15) is 0 Å². The zero-order valence-electron chi connectivity index (χ0n) is 18.2. The van der Waals surface area contributed by atoms with Gasteiger partial charge in [-0.15, -0.1) is 0 Å². The topological polar surface area (TPSA) is 12.0 Å². The van der Waals surface area contributed by atoms with Crippen molar-refractivity contribution in [3.63, 3.8) is 0 Å². The summed E-state index contributed by atoms with van der Waals surface area (Å²) in [4.78, 5) is 4.02. The molecule has 0 aromatic rings. The fraction of sp³-hybridized carbons (Fsp3) is 0.789. The summed E-state index contributed by atoms with van der Waals surface area (Å²) >= 11 is 0. The molecule has 0 aromatic carbocycles. The van der Waals surface area contributed by atoms with E-state index < -0.39 is 24.4 Å². The van der Waals surface area contributed by atoms with E-state index in [1.165, 1.54) is 0 Å². The fourth-order valence-corrected chi connectivity index (χ4v) is 12.0. The van der Waals surface area contributed by atoms with Crippen molar-refractivity contribution in [1.29, 1.82) is 0 Å². The third-order valence-corrected chi connectivity index (χ3v) is 10.0. The normalized spacial score (nSPS) is 16.0. The first-order valence-corrected chi connectivity index (χ1v) is 19.3. The molecule has 25 heavy (non-hydrogen) atoms. The number of hydrogen-bond acceptors (Lipinski definition) is 1. The van der Waals surface area contributed by atoms with Crippen LogP contribution in [-0.2, 0) is 0 Å². The van der Waals surface area contributed by atoms with Crippen molar-refractivity contribution < 1.29 is 0 Å². The summed E-state index contributed by atoms with van der Waals surface area (Å²) in [5, 5.41) is 0.